The lowest BCUT2D eigenvalue weighted by Crippen LogP contribution is -2.26. The first-order chi connectivity index (χ1) is 14.2. The molecule has 0 aliphatic rings. The molecule has 0 fully saturated rings. The molecule has 0 bridgehead atoms. The molecule has 1 N–H and O–H groups in total. The number of hydrogen-bond acceptors (Lipinski definition) is 4. The molecule has 1 atom stereocenters. The van der Waals surface area contributed by atoms with Crippen LogP contribution in [0.4, 0.5) is 0 Å². The molecule has 2 aromatic carbocycles. The lowest BCUT2D eigenvalue weighted by Gasteiger charge is -2.16. The molecule has 0 saturated heterocycles. The third-order valence-corrected chi connectivity index (χ3v) is 4.79. The third-order valence-electron chi connectivity index (χ3n) is 4.79. The number of carbonyl (C=O) groups is 1. The second kappa shape index (κ2) is 10.6. The van der Waals surface area contributed by atoms with E-state index < -0.39 is 12.1 Å². The average Bonchev–Trinajstić information content (AvgIpc) is 2.74. The van der Waals surface area contributed by atoms with Gasteiger partial charge in [0.25, 0.3) is 0 Å². The summed E-state index contributed by atoms with van der Waals surface area (Å²) >= 11 is 0. The SMILES string of the molecule is CCOC(Cc1ccccc1OCCCCc1cnc2ccccc2c1)C(=O)O. The zero-order valence-electron chi connectivity index (χ0n) is 16.7. The van der Waals surface area contributed by atoms with Gasteiger partial charge in [-0.05, 0) is 55.5 Å². The number of aliphatic carboxylic acids is 1. The maximum absolute atomic E-state index is 11.3. The van der Waals surface area contributed by atoms with Crippen LogP contribution in [-0.2, 0) is 22.4 Å². The van der Waals surface area contributed by atoms with E-state index in [0.717, 1.165) is 41.5 Å². The number of nitrogens with zero attached hydrogens (tertiary/aromatic N) is 1. The van der Waals surface area contributed by atoms with Gasteiger partial charge in [-0.3, -0.25) is 4.98 Å². The van der Waals surface area contributed by atoms with Crippen molar-refractivity contribution in [3.05, 3.63) is 71.9 Å². The van der Waals surface area contributed by atoms with E-state index in [9.17, 15) is 9.90 Å². The number of carboxylic acids is 1. The predicted octanol–water partition coefficient (Wildman–Crippen LogP) is 4.67. The molecule has 0 aliphatic carbocycles. The molecule has 3 aromatic rings. The summed E-state index contributed by atoms with van der Waals surface area (Å²) in [6.07, 6.45) is 4.24. The summed E-state index contributed by atoms with van der Waals surface area (Å²) in [7, 11) is 0. The molecule has 1 unspecified atom stereocenters. The minimum atomic E-state index is -0.953. The van der Waals surface area contributed by atoms with Crippen LogP contribution in [0.15, 0.2) is 60.8 Å². The summed E-state index contributed by atoms with van der Waals surface area (Å²) in [4.78, 5) is 15.9. The average molecular weight is 393 g/mol. The standard InChI is InChI=1S/C24H27NO4/c1-2-28-23(24(26)27)16-20-11-4-6-13-22(20)29-14-8-7-9-18-15-19-10-3-5-12-21(19)25-17-18/h3-6,10-13,15,17,23H,2,7-9,14,16H2,1H3,(H,26,27). The Balaban J connectivity index is 1.49. The van der Waals surface area contributed by atoms with Crippen molar-refractivity contribution in [2.24, 2.45) is 0 Å². The zero-order valence-corrected chi connectivity index (χ0v) is 16.7. The number of rotatable bonds is 11. The molecule has 5 heteroatoms. The first-order valence-corrected chi connectivity index (χ1v) is 10.1. The highest BCUT2D eigenvalue weighted by molar-refractivity contribution is 5.78. The Morgan fingerprint density at radius 2 is 1.90 bits per heavy atom. The quantitative estimate of drug-likeness (QED) is 0.480. The van der Waals surface area contributed by atoms with Gasteiger partial charge in [0.15, 0.2) is 6.10 Å². The van der Waals surface area contributed by atoms with Crippen molar-refractivity contribution >= 4 is 16.9 Å². The number of ether oxygens (including phenoxy) is 2. The molecule has 0 saturated carbocycles. The van der Waals surface area contributed by atoms with E-state index in [1.54, 1.807) is 6.92 Å². The number of benzene rings is 2. The summed E-state index contributed by atoms with van der Waals surface area (Å²) in [5, 5.41) is 10.5. The van der Waals surface area contributed by atoms with Crippen LogP contribution in [0.25, 0.3) is 10.9 Å². The largest absolute Gasteiger partial charge is 0.493 e. The minimum absolute atomic E-state index is 0.294. The summed E-state index contributed by atoms with van der Waals surface area (Å²) in [5.74, 6) is -0.225. The van der Waals surface area contributed by atoms with Crippen molar-refractivity contribution in [3.63, 3.8) is 0 Å². The number of fused-ring (bicyclic) bond motifs is 1. The van der Waals surface area contributed by atoms with Gasteiger partial charge in [-0.2, -0.15) is 0 Å². The van der Waals surface area contributed by atoms with Crippen LogP contribution >= 0.6 is 0 Å². The van der Waals surface area contributed by atoms with E-state index in [1.165, 1.54) is 5.56 Å². The normalized spacial score (nSPS) is 12.0. The Hall–Kier alpha value is -2.92. The van der Waals surface area contributed by atoms with Crippen LogP contribution in [0, 0.1) is 0 Å². The third kappa shape index (κ3) is 6.03. The van der Waals surface area contributed by atoms with Crippen LogP contribution in [-0.4, -0.2) is 35.4 Å². The molecule has 1 heterocycles. The van der Waals surface area contributed by atoms with Gasteiger partial charge in [0, 0.05) is 24.6 Å². The number of carboxylic acid groups (broad SMARTS) is 1. The monoisotopic (exact) mass is 393 g/mol. The summed E-state index contributed by atoms with van der Waals surface area (Å²) in [5.41, 5.74) is 3.10. The molecule has 0 aliphatic heterocycles. The fraction of sp³-hybridized carbons (Fsp3) is 0.333. The molecule has 5 nitrogen and oxygen atoms in total. The van der Waals surface area contributed by atoms with Gasteiger partial charge in [0.1, 0.15) is 5.75 Å². The summed E-state index contributed by atoms with van der Waals surface area (Å²) < 4.78 is 11.3. The molecule has 0 amide bonds. The molecule has 3 rings (SSSR count). The Kier molecular flexibility index (Phi) is 7.59. The minimum Gasteiger partial charge on any atom is -0.493 e. The Bertz CT molecular complexity index is 941. The van der Waals surface area contributed by atoms with E-state index in [0.29, 0.717) is 19.6 Å². The lowest BCUT2D eigenvalue weighted by atomic mass is 10.1. The first kappa shape index (κ1) is 20.8. The maximum atomic E-state index is 11.3. The number of aromatic nitrogens is 1. The molecular weight excluding hydrogens is 366 g/mol. The van der Waals surface area contributed by atoms with E-state index >= 15 is 0 Å². The van der Waals surface area contributed by atoms with E-state index in [-0.39, 0.29) is 0 Å². The number of unbranched alkanes of at least 4 members (excludes halogenated alkanes) is 1. The zero-order chi connectivity index (χ0) is 20.5. The van der Waals surface area contributed by atoms with Crippen molar-refractivity contribution in [2.45, 2.75) is 38.7 Å². The molecule has 0 spiro atoms. The van der Waals surface area contributed by atoms with Crippen LogP contribution < -0.4 is 4.74 Å². The smallest absolute Gasteiger partial charge is 0.333 e. The highest BCUT2D eigenvalue weighted by Crippen LogP contribution is 2.21. The van der Waals surface area contributed by atoms with Crippen molar-refractivity contribution < 1.29 is 19.4 Å². The number of pyridine rings is 1. The summed E-state index contributed by atoms with van der Waals surface area (Å²) in [6, 6.07) is 17.9. The van der Waals surface area contributed by atoms with Crippen molar-refractivity contribution in [1.82, 2.24) is 4.98 Å². The van der Waals surface area contributed by atoms with Gasteiger partial charge in [0.2, 0.25) is 0 Å². The fourth-order valence-corrected chi connectivity index (χ4v) is 3.30. The highest BCUT2D eigenvalue weighted by atomic mass is 16.5. The highest BCUT2D eigenvalue weighted by Gasteiger charge is 2.19. The molecule has 29 heavy (non-hydrogen) atoms. The molecule has 0 radical (unpaired) electrons. The van der Waals surface area contributed by atoms with Crippen LogP contribution in [0.5, 0.6) is 5.75 Å². The molecular formula is C24H27NO4. The van der Waals surface area contributed by atoms with Crippen molar-refractivity contribution in [3.8, 4) is 5.75 Å². The van der Waals surface area contributed by atoms with E-state index in [2.05, 4.69) is 17.1 Å². The second-order valence-electron chi connectivity index (χ2n) is 6.94. The van der Waals surface area contributed by atoms with Gasteiger partial charge in [-0.1, -0.05) is 36.4 Å². The molecule has 1 aromatic heterocycles. The Morgan fingerprint density at radius 3 is 2.72 bits per heavy atom. The number of para-hydroxylation sites is 2. The topological polar surface area (TPSA) is 68.7 Å². The lowest BCUT2D eigenvalue weighted by molar-refractivity contribution is -0.149. The first-order valence-electron chi connectivity index (χ1n) is 10.1. The van der Waals surface area contributed by atoms with E-state index in [4.69, 9.17) is 9.47 Å². The predicted molar refractivity (Wildman–Crippen MR) is 113 cm³/mol. The van der Waals surface area contributed by atoms with E-state index in [1.807, 2.05) is 48.7 Å². The van der Waals surface area contributed by atoms with Crippen LogP contribution in [0.2, 0.25) is 0 Å². The van der Waals surface area contributed by atoms with Gasteiger partial charge in [0.05, 0.1) is 12.1 Å². The number of aryl methyl sites for hydroxylation is 1. The second-order valence-corrected chi connectivity index (χ2v) is 6.94. The van der Waals surface area contributed by atoms with Gasteiger partial charge < -0.3 is 14.6 Å². The van der Waals surface area contributed by atoms with Gasteiger partial charge in [-0.25, -0.2) is 4.79 Å². The molecule has 152 valence electrons. The van der Waals surface area contributed by atoms with Crippen molar-refractivity contribution in [2.75, 3.05) is 13.2 Å². The maximum Gasteiger partial charge on any atom is 0.333 e. The van der Waals surface area contributed by atoms with Gasteiger partial charge in [-0.15, -0.1) is 0 Å². The number of hydrogen-bond donors (Lipinski definition) is 1. The van der Waals surface area contributed by atoms with Crippen LogP contribution in [0.1, 0.15) is 30.9 Å². The van der Waals surface area contributed by atoms with Crippen molar-refractivity contribution in [1.29, 1.82) is 0 Å². The Morgan fingerprint density at radius 1 is 1.10 bits per heavy atom. The van der Waals surface area contributed by atoms with Gasteiger partial charge >= 0.3 is 5.97 Å². The summed E-state index contributed by atoms with van der Waals surface area (Å²) in [6.45, 7) is 2.75. The fourth-order valence-electron chi connectivity index (χ4n) is 3.30. The Labute approximate surface area is 171 Å². The van der Waals surface area contributed by atoms with Crippen LogP contribution in [0.3, 0.4) is 0 Å².